The van der Waals surface area contributed by atoms with Gasteiger partial charge in [0, 0.05) is 30.8 Å². The Balaban J connectivity index is 2.14. The molecule has 104 valence electrons. The summed E-state index contributed by atoms with van der Waals surface area (Å²) in [6.07, 6.45) is 1.35. The number of nitrogens with zero attached hydrogens (tertiary/aromatic N) is 1. The molecule has 1 saturated heterocycles. The quantitative estimate of drug-likeness (QED) is 0.780. The maximum absolute atomic E-state index is 10.9. The molecule has 0 amide bonds. The first-order valence-electron chi connectivity index (χ1n) is 6.62. The summed E-state index contributed by atoms with van der Waals surface area (Å²) in [6.45, 7) is 6.75. The van der Waals surface area contributed by atoms with Gasteiger partial charge in [0.15, 0.2) is 0 Å². The highest BCUT2D eigenvalue weighted by Crippen LogP contribution is 2.23. The van der Waals surface area contributed by atoms with Crippen LogP contribution in [0.15, 0.2) is 18.2 Å². The van der Waals surface area contributed by atoms with Crippen molar-refractivity contribution in [2.24, 2.45) is 0 Å². The van der Waals surface area contributed by atoms with Crippen LogP contribution in [0, 0.1) is 0 Å². The van der Waals surface area contributed by atoms with Crippen molar-refractivity contribution < 1.29 is 14.3 Å². The maximum Gasteiger partial charge on any atom is 0.150 e. The topological polar surface area (TPSA) is 38.8 Å². The number of rotatable bonds is 4. The van der Waals surface area contributed by atoms with E-state index in [0.29, 0.717) is 5.56 Å². The molecule has 1 aromatic carbocycles. The van der Waals surface area contributed by atoms with E-state index >= 15 is 0 Å². The zero-order chi connectivity index (χ0) is 13.8. The van der Waals surface area contributed by atoms with E-state index in [9.17, 15) is 4.79 Å². The number of aldehydes is 1. The summed E-state index contributed by atoms with van der Waals surface area (Å²) in [7, 11) is 1.66. The molecule has 4 nitrogen and oxygen atoms in total. The van der Waals surface area contributed by atoms with Gasteiger partial charge in [-0.05, 0) is 32.0 Å². The van der Waals surface area contributed by atoms with Gasteiger partial charge in [-0.25, -0.2) is 0 Å². The van der Waals surface area contributed by atoms with Gasteiger partial charge in [-0.2, -0.15) is 0 Å². The average Bonchev–Trinajstić information content (AvgIpc) is 2.37. The van der Waals surface area contributed by atoms with Crippen molar-refractivity contribution in [3.8, 4) is 5.75 Å². The minimum atomic E-state index is 0.240. The molecule has 0 bridgehead atoms. The fraction of sp³-hybridized carbons (Fsp3) is 0.533. The van der Waals surface area contributed by atoms with Crippen molar-refractivity contribution in [2.45, 2.75) is 32.6 Å². The van der Waals surface area contributed by atoms with E-state index in [1.165, 1.54) is 0 Å². The molecule has 0 aromatic heterocycles. The molecule has 2 rings (SSSR count). The summed E-state index contributed by atoms with van der Waals surface area (Å²) >= 11 is 0. The van der Waals surface area contributed by atoms with Crippen LogP contribution in [-0.2, 0) is 11.3 Å². The normalized spacial score (nSPS) is 24.2. The van der Waals surface area contributed by atoms with Gasteiger partial charge in [-0.3, -0.25) is 9.69 Å². The Morgan fingerprint density at radius 3 is 2.63 bits per heavy atom. The smallest absolute Gasteiger partial charge is 0.150 e. The van der Waals surface area contributed by atoms with E-state index in [4.69, 9.17) is 9.47 Å². The number of hydrogen-bond acceptors (Lipinski definition) is 4. The van der Waals surface area contributed by atoms with Crippen LogP contribution in [0.5, 0.6) is 5.75 Å². The zero-order valence-corrected chi connectivity index (χ0v) is 11.8. The Morgan fingerprint density at radius 2 is 2.05 bits per heavy atom. The molecule has 2 atom stereocenters. The highest BCUT2D eigenvalue weighted by atomic mass is 16.5. The molecule has 0 N–H and O–H groups in total. The molecule has 19 heavy (non-hydrogen) atoms. The molecule has 0 spiro atoms. The molecular formula is C15H21NO3. The predicted molar refractivity (Wildman–Crippen MR) is 73.7 cm³/mol. The van der Waals surface area contributed by atoms with Crippen LogP contribution in [0.2, 0.25) is 0 Å². The predicted octanol–water partition coefficient (Wildman–Crippen LogP) is 2.12. The largest absolute Gasteiger partial charge is 0.496 e. The summed E-state index contributed by atoms with van der Waals surface area (Å²) in [4.78, 5) is 13.2. The Bertz CT molecular complexity index is 437. The van der Waals surface area contributed by atoms with Crippen molar-refractivity contribution in [1.82, 2.24) is 4.90 Å². The average molecular weight is 263 g/mol. The van der Waals surface area contributed by atoms with Gasteiger partial charge in [0.1, 0.15) is 12.0 Å². The summed E-state index contributed by atoms with van der Waals surface area (Å²) in [5.74, 6) is 0.831. The van der Waals surface area contributed by atoms with Crippen LogP contribution in [0.1, 0.15) is 29.8 Å². The van der Waals surface area contributed by atoms with Crippen molar-refractivity contribution >= 4 is 6.29 Å². The standard InChI is InChI=1S/C15H21NO3/c1-11-7-16(8-12(2)19-11)9-14-6-13(10-17)4-5-15(14)18-3/h4-6,10-12H,7-9H2,1-3H3. The minimum Gasteiger partial charge on any atom is -0.496 e. The number of carbonyl (C=O) groups excluding carboxylic acids is 1. The summed E-state index contributed by atoms with van der Waals surface area (Å²) < 4.78 is 11.1. The zero-order valence-electron chi connectivity index (χ0n) is 11.8. The third-order valence-electron chi connectivity index (χ3n) is 3.33. The van der Waals surface area contributed by atoms with Crippen molar-refractivity contribution in [2.75, 3.05) is 20.2 Å². The molecule has 1 aliphatic heterocycles. The summed E-state index contributed by atoms with van der Waals surface area (Å²) in [5, 5.41) is 0. The van der Waals surface area contributed by atoms with Crippen LogP contribution in [0.3, 0.4) is 0 Å². The van der Waals surface area contributed by atoms with E-state index in [1.807, 2.05) is 12.1 Å². The van der Waals surface area contributed by atoms with Crippen LogP contribution in [0.25, 0.3) is 0 Å². The summed E-state index contributed by atoms with van der Waals surface area (Å²) in [5.41, 5.74) is 1.73. The van der Waals surface area contributed by atoms with Gasteiger partial charge in [0.25, 0.3) is 0 Å². The molecule has 1 aromatic rings. The second-order valence-corrected chi connectivity index (χ2v) is 5.14. The first kappa shape index (κ1) is 14.0. The van der Waals surface area contributed by atoms with Crippen LogP contribution in [0.4, 0.5) is 0 Å². The van der Waals surface area contributed by atoms with Gasteiger partial charge in [0.2, 0.25) is 0 Å². The number of carbonyl (C=O) groups is 1. The minimum absolute atomic E-state index is 0.240. The van der Waals surface area contributed by atoms with Crippen molar-refractivity contribution in [1.29, 1.82) is 0 Å². The maximum atomic E-state index is 10.9. The highest BCUT2D eigenvalue weighted by molar-refractivity contribution is 5.75. The number of methoxy groups -OCH3 is 1. The van der Waals surface area contributed by atoms with Crippen LogP contribution in [-0.4, -0.2) is 43.6 Å². The monoisotopic (exact) mass is 263 g/mol. The van der Waals surface area contributed by atoms with Crippen molar-refractivity contribution in [3.63, 3.8) is 0 Å². The fourth-order valence-corrected chi connectivity index (χ4v) is 2.65. The number of morpholine rings is 1. The highest BCUT2D eigenvalue weighted by Gasteiger charge is 2.22. The fourth-order valence-electron chi connectivity index (χ4n) is 2.65. The van der Waals surface area contributed by atoms with E-state index in [0.717, 1.165) is 37.2 Å². The SMILES string of the molecule is COc1ccc(C=O)cc1CN1CC(C)OC(C)C1. The molecule has 1 heterocycles. The van der Waals surface area contributed by atoms with Gasteiger partial charge in [-0.15, -0.1) is 0 Å². The molecule has 0 saturated carbocycles. The first-order valence-corrected chi connectivity index (χ1v) is 6.62. The lowest BCUT2D eigenvalue weighted by Crippen LogP contribution is -2.44. The van der Waals surface area contributed by atoms with E-state index in [-0.39, 0.29) is 12.2 Å². The molecule has 0 radical (unpaired) electrons. The second-order valence-electron chi connectivity index (χ2n) is 5.14. The Hall–Kier alpha value is -1.39. The Kier molecular flexibility index (Phi) is 4.56. The van der Waals surface area contributed by atoms with Gasteiger partial charge < -0.3 is 9.47 Å². The van der Waals surface area contributed by atoms with Crippen LogP contribution < -0.4 is 4.74 Å². The number of ether oxygens (including phenoxy) is 2. The molecule has 0 aliphatic carbocycles. The Morgan fingerprint density at radius 1 is 1.37 bits per heavy atom. The number of benzene rings is 1. The molecule has 2 unspecified atom stereocenters. The summed E-state index contributed by atoms with van der Waals surface area (Å²) in [6, 6.07) is 5.53. The van der Waals surface area contributed by atoms with Crippen LogP contribution >= 0.6 is 0 Å². The second kappa shape index (κ2) is 6.17. The molecular weight excluding hydrogens is 242 g/mol. The third kappa shape index (κ3) is 3.55. The number of hydrogen-bond donors (Lipinski definition) is 0. The lowest BCUT2D eigenvalue weighted by atomic mass is 10.1. The third-order valence-corrected chi connectivity index (χ3v) is 3.33. The molecule has 1 fully saturated rings. The van der Waals surface area contributed by atoms with E-state index < -0.39 is 0 Å². The van der Waals surface area contributed by atoms with Gasteiger partial charge in [-0.1, -0.05) is 0 Å². The van der Waals surface area contributed by atoms with Crippen molar-refractivity contribution in [3.05, 3.63) is 29.3 Å². The first-order chi connectivity index (χ1) is 9.12. The van der Waals surface area contributed by atoms with E-state index in [2.05, 4.69) is 18.7 Å². The lowest BCUT2D eigenvalue weighted by Gasteiger charge is -2.35. The van der Waals surface area contributed by atoms with Gasteiger partial charge >= 0.3 is 0 Å². The van der Waals surface area contributed by atoms with E-state index in [1.54, 1.807) is 13.2 Å². The lowest BCUT2D eigenvalue weighted by molar-refractivity contribution is -0.0706. The molecule has 4 heteroatoms. The molecule has 1 aliphatic rings. The Labute approximate surface area is 114 Å². The van der Waals surface area contributed by atoms with Gasteiger partial charge in [0.05, 0.1) is 19.3 Å².